The number of carbonyl (C=O) groups excluding carboxylic acids is 2. The lowest BCUT2D eigenvalue weighted by atomic mass is 9.79. The number of hydrogen-bond acceptors (Lipinski definition) is 5. The topological polar surface area (TPSA) is 82.1 Å². The van der Waals surface area contributed by atoms with Crippen molar-refractivity contribution < 1.29 is 19.5 Å². The van der Waals surface area contributed by atoms with E-state index in [1.165, 1.54) is 5.56 Å². The highest BCUT2D eigenvalue weighted by atomic mass is 16.5. The van der Waals surface area contributed by atoms with Crippen LogP contribution in [0.1, 0.15) is 43.6 Å². The maximum atomic E-state index is 13.5. The molecular weight excluding hydrogens is 370 g/mol. The quantitative estimate of drug-likeness (QED) is 0.596. The number of amides is 2. The number of benzene rings is 1. The van der Waals surface area contributed by atoms with Gasteiger partial charge in [-0.15, -0.1) is 0 Å². The number of hydroxylamine groups is 1. The minimum atomic E-state index is -0.516. The number of methoxy groups -OCH3 is 1. The summed E-state index contributed by atoms with van der Waals surface area (Å²) in [5, 5.41) is 9.26. The fourth-order valence-electron chi connectivity index (χ4n) is 5.33. The molecule has 1 spiro atoms. The van der Waals surface area contributed by atoms with E-state index in [1.54, 1.807) is 12.6 Å². The van der Waals surface area contributed by atoms with Gasteiger partial charge >= 0.3 is 0 Å². The highest BCUT2D eigenvalue weighted by molar-refractivity contribution is 5.90. The lowest BCUT2D eigenvalue weighted by Gasteiger charge is -2.44. The third-order valence-electron chi connectivity index (χ3n) is 7.05. The molecule has 1 unspecified atom stereocenters. The van der Waals surface area contributed by atoms with Crippen molar-refractivity contribution in [3.63, 3.8) is 0 Å². The molecule has 2 amide bonds. The van der Waals surface area contributed by atoms with E-state index < -0.39 is 17.9 Å². The van der Waals surface area contributed by atoms with Gasteiger partial charge in [0.1, 0.15) is 11.8 Å². The molecule has 1 aromatic rings. The van der Waals surface area contributed by atoms with Crippen molar-refractivity contribution >= 4 is 11.8 Å². The van der Waals surface area contributed by atoms with Crippen molar-refractivity contribution in [2.45, 2.75) is 44.1 Å². The summed E-state index contributed by atoms with van der Waals surface area (Å²) >= 11 is 0. The van der Waals surface area contributed by atoms with Crippen molar-refractivity contribution in [3.8, 4) is 5.75 Å². The Kier molecular flexibility index (Phi) is 5.53. The normalized spacial score (nSPS) is 28.8. The van der Waals surface area contributed by atoms with Crippen LogP contribution in [0.2, 0.25) is 0 Å². The fraction of sp³-hybridized carbons (Fsp3) is 0.636. The minimum Gasteiger partial charge on any atom is -0.497 e. The molecule has 3 aliphatic rings. The summed E-state index contributed by atoms with van der Waals surface area (Å²) in [4.78, 5) is 29.9. The minimum absolute atomic E-state index is 0.00389. The number of likely N-dealkylation sites (tertiary alicyclic amines) is 2. The largest absolute Gasteiger partial charge is 0.497 e. The molecule has 0 radical (unpaired) electrons. The molecule has 2 saturated heterocycles. The Morgan fingerprint density at radius 3 is 2.79 bits per heavy atom. The third kappa shape index (κ3) is 3.98. The summed E-state index contributed by atoms with van der Waals surface area (Å²) in [6.45, 7) is 2.20. The van der Waals surface area contributed by atoms with Gasteiger partial charge in [-0.3, -0.25) is 19.7 Å². The first-order valence-electron chi connectivity index (χ1n) is 10.5. The number of rotatable bonds is 4. The molecule has 2 heterocycles. The Morgan fingerprint density at radius 1 is 1.31 bits per heavy atom. The molecular formula is C22H31N3O4. The molecule has 2 aliphatic heterocycles. The molecule has 7 nitrogen and oxygen atoms in total. The van der Waals surface area contributed by atoms with Crippen molar-refractivity contribution in [2.75, 3.05) is 33.8 Å². The van der Waals surface area contributed by atoms with E-state index in [9.17, 15) is 14.8 Å². The molecule has 0 aromatic heterocycles. The molecule has 0 bridgehead atoms. The van der Waals surface area contributed by atoms with Gasteiger partial charge in [0.05, 0.1) is 13.0 Å². The maximum Gasteiger partial charge on any atom is 0.248 e. The van der Waals surface area contributed by atoms with Gasteiger partial charge in [0.15, 0.2) is 0 Å². The Labute approximate surface area is 172 Å². The van der Waals surface area contributed by atoms with Crippen LogP contribution in [0.5, 0.6) is 5.75 Å². The Balaban J connectivity index is 1.51. The van der Waals surface area contributed by atoms with Crippen molar-refractivity contribution in [2.24, 2.45) is 11.3 Å². The smallest absolute Gasteiger partial charge is 0.248 e. The molecule has 3 fully saturated rings. The number of ether oxygens (including phenoxy) is 1. The van der Waals surface area contributed by atoms with Gasteiger partial charge in [0.25, 0.3) is 0 Å². The van der Waals surface area contributed by atoms with Gasteiger partial charge in [-0.2, -0.15) is 0 Å². The number of hydrogen-bond donors (Lipinski definition) is 2. The molecule has 2 N–H and O–H groups in total. The van der Waals surface area contributed by atoms with Crippen LogP contribution in [-0.2, 0) is 9.59 Å². The van der Waals surface area contributed by atoms with Crippen LogP contribution in [0.15, 0.2) is 24.3 Å². The first-order valence-corrected chi connectivity index (χ1v) is 10.5. The number of likely N-dealkylation sites (N-methyl/N-ethyl adjacent to an activating group) is 1. The van der Waals surface area contributed by atoms with Crippen LogP contribution in [0.3, 0.4) is 0 Å². The average Bonchev–Trinajstić information content (AvgIpc) is 3.50. The van der Waals surface area contributed by atoms with E-state index in [1.807, 2.05) is 35.0 Å². The first kappa shape index (κ1) is 20.2. The highest BCUT2D eigenvalue weighted by Crippen LogP contribution is 2.54. The van der Waals surface area contributed by atoms with Crippen LogP contribution in [0.25, 0.3) is 0 Å². The Morgan fingerprint density at radius 2 is 2.10 bits per heavy atom. The van der Waals surface area contributed by atoms with Gasteiger partial charge in [-0.1, -0.05) is 12.1 Å². The summed E-state index contributed by atoms with van der Waals surface area (Å²) in [5.74, 6) is 0.140. The zero-order valence-corrected chi connectivity index (χ0v) is 17.3. The fourth-order valence-corrected chi connectivity index (χ4v) is 5.33. The van der Waals surface area contributed by atoms with Crippen LogP contribution in [-0.4, -0.2) is 66.7 Å². The predicted molar refractivity (Wildman–Crippen MR) is 108 cm³/mol. The summed E-state index contributed by atoms with van der Waals surface area (Å²) < 4.78 is 5.35. The summed E-state index contributed by atoms with van der Waals surface area (Å²) in [6.07, 6.45) is 4.82. The van der Waals surface area contributed by atoms with E-state index in [0.29, 0.717) is 19.5 Å². The zero-order valence-electron chi connectivity index (χ0n) is 17.3. The number of nitrogens with zero attached hydrogens (tertiary/aromatic N) is 2. The average molecular weight is 402 g/mol. The van der Waals surface area contributed by atoms with Gasteiger partial charge in [-0.25, -0.2) is 5.48 Å². The van der Waals surface area contributed by atoms with Crippen molar-refractivity contribution in [1.29, 1.82) is 0 Å². The Bertz CT molecular complexity index is 779. The van der Waals surface area contributed by atoms with Gasteiger partial charge < -0.3 is 9.64 Å². The molecule has 29 heavy (non-hydrogen) atoms. The first-order chi connectivity index (χ1) is 14.0. The maximum absolute atomic E-state index is 13.5. The predicted octanol–water partition coefficient (Wildman–Crippen LogP) is 2.01. The lowest BCUT2D eigenvalue weighted by Crippen LogP contribution is -2.60. The second kappa shape index (κ2) is 7.95. The Hall–Kier alpha value is -2.12. The van der Waals surface area contributed by atoms with Crippen LogP contribution < -0.4 is 10.2 Å². The van der Waals surface area contributed by atoms with Crippen LogP contribution >= 0.6 is 0 Å². The van der Waals surface area contributed by atoms with Crippen LogP contribution in [0, 0.1) is 11.3 Å². The van der Waals surface area contributed by atoms with Crippen molar-refractivity contribution in [1.82, 2.24) is 15.3 Å². The van der Waals surface area contributed by atoms with E-state index in [0.717, 1.165) is 38.0 Å². The molecule has 158 valence electrons. The monoisotopic (exact) mass is 401 g/mol. The van der Waals surface area contributed by atoms with E-state index in [-0.39, 0.29) is 17.2 Å². The highest BCUT2D eigenvalue weighted by Gasteiger charge is 2.55. The number of piperidine rings is 2. The van der Waals surface area contributed by atoms with E-state index >= 15 is 0 Å². The zero-order chi connectivity index (χ0) is 20.6. The summed E-state index contributed by atoms with van der Waals surface area (Å²) in [6, 6.07) is 7.53. The van der Waals surface area contributed by atoms with Gasteiger partial charge in [-0.05, 0) is 62.3 Å². The summed E-state index contributed by atoms with van der Waals surface area (Å²) in [5.41, 5.74) is 3.13. The molecule has 7 heteroatoms. The van der Waals surface area contributed by atoms with Gasteiger partial charge in [0, 0.05) is 25.6 Å². The molecule has 1 aromatic carbocycles. The third-order valence-corrected chi connectivity index (χ3v) is 7.05. The summed E-state index contributed by atoms with van der Waals surface area (Å²) in [7, 11) is 3.59. The molecule has 4 rings (SSSR count). The SMILES string of the molecule is COc1cccc(C2CCCN(C(=O)[C@@H]3[C@@H](C(=O)NO)CC4(CC4)CN3C)C2)c1. The standard InChI is InChI=1S/C22H31N3O4/c1-24-14-22(8-9-22)12-18(20(26)23-28)19(24)21(27)25-10-4-6-16(13-25)15-5-3-7-17(11-15)29-2/h3,5,7,11,16,18-19,28H,4,6,8-10,12-14H2,1-2H3,(H,23,26)/t16?,18-,19-/m0/s1. The van der Waals surface area contributed by atoms with Crippen molar-refractivity contribution in [3.05, 3.63) is 29.8 Å². The second-order valence-electron chi connectivity index (χ2n) is 9.05. The lowest BCUT2D eigenvalue weighted by molar-refractivity contribution is -0.151. The van der Waals surface area contributed by atoms with E-state index in [2.05, 4.69) is 6.07 Å². The van der Waals surface area contributed by atoms with Crippen LogP contribution in [0.4, 0.5) is 0 Å². The number of nitrogens with one attached hydrogen (secondary N) is 1. The second-order valence-corrected chi connectivity index (χ2v) is 9.05. The molecule has 1 aliphatic carbocycles. The molecule has 3 atom stereocenters. The number of carbonyl (C=O) groups is 2. The molecule has 1 saturated carbocycles. The van der Waals surface area contributed by atoms with E-state index in [4.69, 9.17) is 4.74 Å². The van der Waals surface area contributed by atoms with Gasteiger partial charge in [0.2, 0.25) is 11.8 Å².